The van der Waals surface area contributed by atoms with Crippen molar-refractivity contribution in [1.82, 2.24) is 10.5 Å². The number of benzene rings is 2. The van der Waals surface area contributed by atoms with Crippen molar-refractivity contribution in [3.8, 4) is 11.3 Å². The predicted octanol–water partition coefficient (Wildman–Crippen LogP) is 5.95. The number of rotatable bonds is 3. The Hall–Kier alpha value is 0.0483. The standard InChI is InChI=1S/C11H12N2.C7H6ClI2N.Pt/c1-12-8-11(13(2)9-12)10-6-4-3-5-7-10;8-7-3-1-6(2-4-7)5-11(9)10;/h3-8H,1-2H3;1-4H,5H2;. The zero-order valence-electron chi connectivity index (χ0n) is 13.8. The van der Waals surface area contributed by atoms with Crippen LogP contribution in [-0.2, 0) is 40.0 Å². The topological polar surface area (TPSA) is 13.1 Å². The van der Waals surface area contributed by atoms with E-state index in [9.17, 15) is 0 Å². The molecule has 0 atom stereocenters. The molecule has 3 rings (SSSR count). The average Bonchev–Trinajstić information content (AvgIpc) is 2.85. The molecule has 0 unspecified atom stereocenters. The van der Waals surface area contributed by atoms with Crippen LogP contribution < -0.4 is 0 Å². The van der Waals surface area contributed by atoms with Crippen molar-refractivity contribution in [1.29, 1.82) is 0 Å². The van der Waals surface area contributed by atoms with Gasteiger partial charge in [-0.1, -0.05) is 23.7 Å². The Bertz CT molecular complexity index is 858. The molecule has 1 aromatic heterocycles. The van der Waals surface area contributed by atoms with E-state index in [1.54, 1.807) is 0 Å². The third-order valence-electron chi connectivity index (χ3n) is 3.49. The average molecular weight is 761 g/mol. The van der Waals surface area contributed by atoms with Gasteiger partial charge in [0.2, 0.25) is 0 Å². The zero-order chi connectivity index (χ0) is 18.4. The minimum atomic E-state index is 0.794. The molecule has 0 saturated heterocycles. The number of imidazole rings is 1. The van der Waals surface area contributed by atoms with E-state index in [4.69, 9.17) is 11.6 Å². The summed E-state index contributed by atoms with van der Waals surface area (Å²) in [5.41, 5.74) is 3.78. The van der Waals surface area contributed by atoms with Gasteiger partial charge in [0.1, 0.15) is 0 Å². The maximum atomic E-state index is 5.73. The number of halogens is 3. The second-order valence-corrected chi connectivity index (χ2v) is 11.0. The van der Waals surface area contributed by atoms with Crippen molar-refractivity contribution >= 4 is 57.3 Å². The Labute approximate surface area is 192 Å². The van der Waals surface area contributed by atoms with Gasteiger partial charge in [0.15, 0.2) is 0 Å². The van der Waals surface area contributed by atoms with Crippen molar-refractivity contribution in [2.75, 3.05) is 0 Å². The Morgan fingerprint density at radius 1 is 1.00 bits per heavy atom. The molecule has 25 heavy (non-hydrogen) atoms. The first kappa shape index (κ1) is 21.3. The summed E-state index contributed by atoms with van der Waals surface area (Å²) in [4.78, 5) is 0. The quantitative estimate of drug-likeness (QED) is 0.238. The molecule has 0 aliphatic heterocycles. The fraction of sp³-hybridized carbons (Fsp3) is 0.167. The SMILES string of the molecule is Clc1ccc(CN(I)I)cc1.Cn1cc(-c2ccccc2)n(C)[c]1=[Pt]. The van der Waals surface area contributed by atoms with E-state index < -0.39 is 0 Å². The van der Waals surface area contributed by atoms with Crippen LogP contribution in [0.1, 0.15) is 5.56 Å². The van der Waals surface area contributed by atoms with Crippen molar-refractivity contribution in [3.05, 3.63) is 75.2 Å². The summed E-state index contributed by atoms with van der Waals surface area (Å²) in [7, 11) is 4.15. The molecule has 0 bridgehead atoms. The molecule has 136 valence electrons. The van der Waals surface area contributed by atoms with E-state index >= 15 is 0 Å². The van der Waals surface area contributed by atoms with Crippen LogP contribution >= 0.6 is 57.3 Å². The maximum absolute atomic E-state index is 5.73. The van der Waals surface area contributed by atoms with Crippen molar-refractivity contribution in [3.63, 3.8) is 0 Å². The first-order valence-corrected chi connectivity index (χ1v) is 10.9. The minimum absolute atomic E-state index is 0.794. The molecule has 0 aliphatic carbocycles. The van der Waals surface area contributed by atoms with E-state index in [0.717, 1.165) is 11.6 Å². The molecule has 7 heteroatoms. The van der Waals surface area contributed by atoms with Crippen molar-refractivity contribution < 1.29 is 19.4 Å². The van der Waals surface area contributed by atoms with Gasteiger partial charge in [-0.25, -0.2) is 0 Å². The number of aryl methyl sites for hydroxylation is 1. The van der Waals surface area contributed by atoms with Gasteiger partial charge in [-0.15, -0.1) is 0 Å². The zero-order valence-corrected chi connectivity index (χ0v) is 21.1. The van der Waals surface area contributed by atoms with E-state index in [2.05, 4.69) is 120 Å². The summed E-state index contributed by atoms with van der Waals surface area (Å²) in [6, 6.07) is 18.3. The summed E-state index contributed by atoms with van der Waals surface area (Å²) < 4.78 is 7.61. The van der Waals surface area contributed by atoms with Crippen LogP contribution in [0.5, 0.6) is 0 Å². The molecule has 0 saturated carbocycles. The number of hydrogen-bond acceptors (Lipinski definition) is 1. The number of nitrogens with zero attached hydrogens (tertiary/aromatic N) is 3. The molecule has 3 aromatic rings. The Balaban J connectivity index is 0.000000186. The normalized spacial score (nSPS) is 10.6. The molecule has 3 nitrogen and oxygen atoms in total. The van der Waals surface area contributed by atoms with E-state index in [-0.39, 0.29) is 0 Å². The van der Waals surface area contributed by atoms with Gasteiger partial charge in [0, 0.05) is 57.3 Å². The van der Waals surface area contributed by atoms with Gasteiger partial charge >= 0.3 is 94.2 Å². The number of aromatic nitrogens is 2. The van der Waals surface area contributed by atoms with Crippen LogP contribution in [0, 0.1) is 3.80 Å². The van der Waals surface area contributed by atoms with Gasteiger partial charge in [0.25, 0.3) is 0 Å². The van der Waals surface area contributed by atoms with Crippen molar-refractivity contribution in [2.24, 2.45) is 14.1 Å². The summed E-state index contributed by atoms with van der Waals surface area (Å²) in [6.45, 7) is 0.943. The molecular formula is C18H18ClI2N3Pt. The monoisotopic (exact) mass is 760 g/mol. The second-order valence-electron chi connectivity index (χ2n) is 5.38. The molecular weight excluding hydrogens is 743 g/mol. The van der Waals surface area contributed by atoms with E-state index in [1.807, 2.05) is 30.3 Å². The van der Waals surface area contributed by atoms with Crippen LogP contribution in [0.25, 0.3) is 11.3 Å². The third-order valence-corrected chi connectivity index (χ3v) is 5.99. The Kier molecular flexibility index (Phi) is 8.88. The molecule has 0 amide bonds. The van der Waals surface area contributed by atoms with E-state index in [1.165, 1.54) is 20.6 Å². The van der Waals surface area contributed by atoms with Crippen LogP contribution in [0.15, 0.2) is 60.8 Å². The summed E-state index contributed by atoms with van der Waals surface area (Å²) >= 11 is 12.5. The Morgan fingerprint density at radius 3 is 2.08 bits per heavy atom. The molecule has 2 aromatic carbocycles. The summed E-state index contributed by atoms with van der Waals surface area (Å²) in [5.74, 6) is 0. The molecule has 0 N–H and O–H groups in total. The Morgan fingerprint density at radius 2 is 1.60 bits per heavy atom. The molecule has 0 radical (unpaired) electrons. The molecule has 1 heterocycles. The van der Waals surface area contributed by atoms with Gasteiger partial charge in [0.05, 0.1) is 0 Å². The summed E-state index contributed by atoms with van der Waals surface area (Å²) in [5, 5.41) is 0.794. The first-order valence-electron chi connectivity index (χ1n) is 7.45. The van der Waals surface area contributed by atoms with Gasteiger partial charge < -0.3 is 0 Å². The van der Waals surface area contributed by atoms with Crippen LogP contribution in [0.3, 0.4) is 0 Å². The second kappa shape index (κ2) is 10.4. The van der Waals surface area contributed by atoms with Crippen LogP contribution in [-0.4, -0.2) is 10.5 Å². The van der Waals surface area contributed by atoms with E-state index in [0.29, 0.717) is 0 Å². The molecule has 0 fully saturated rings. The number of hydrogen-bond donors (Lipinski definition) is 0. The van der Waals surface area contributed by atoms with Crippen LogP contribution in [0.4, 0.5) is 0 Å². The van der Waals surface area contributed by atoms with Gasteiger partial charge in [-0.2, -0.15) is 1.33 Å². The van der Waals surface area contributed by atoms with Gasteiger partial charge in [-0.05, 0) is 17.7 Å². The van der Waals surface area contributed by atoms with Crippen molar-refractivity contribution in [2.45, 2.75) is 6.54 Å². The molecule has 0 spiro atoms. The fourth-order valence-electron chi connectivity index (χ4n) is 2.25. The van der Waals surface area contributed by atoms with Crippen LogP contribution in [0.2, 0.25) is 5.02 Å². The first-order chi connectivity index (χ1) is 11.9. The summed E-state index contributed by atoms with van der Waals surface area (Å²) in [6.07, 6.45) is 2.15. The van der Waals surface area contributed by atoms with Gasteiger partial charge in [-0.3, -0.25) is 0 Å². The third kappa shape index (κ3) is 6.61. The molecule has 0 aliphatic rings. The predicted molar refractivity (Wildman–Crippen MR) is 118 cm³/mol. The fourth-order valence-corrected chi connectivity index (χ4v) is 3.59.